The first-order chi connectivity index (χ1) is 14.9. The zero-order valence-electron chi connectivity index (χ0n) is 16.4. The van der Waals surface area contributed by atoms with Crippen LogP contribution in [-0.4, -0.2) is 78.3 Å². The number of aromatic nitrogens is 2. The van der Waals surface area contributed by atoms with Crippen LogP contribution >= 0.6 is 0 Å². The Morgan fingerprint density at radius 1 is 1.26 bits per heavy atom. The lowest BCUT2D eigenvalue weighted by Gasteiger charge is -2.32. The van der Waals surface area contributed by atoms with Crippen molar-refractivity contribution in [1.29, 1.82) is 0 Å². The van der Waals surface area contributed by atoms with Gasteiger partial charge in [0.15, 0.2) is 12.0 Å². The molecule has 1 aromatic carbocycles. The minimum absolute atomic E-state index is 0.233. The number of fused-ring (bicyclic) bond motifs is 1. The van der Waals surface area contributed by atoms with Gasteiger partial charge in [-0.25, -0.2) is 15.4 Å². The highest BCUT2D eigenvalue weighted by Gasteiger charge is 2.45. The number of carbonyl (C=O) groups is 1. The molecule has 3 unspecified atom stereocenters. The van der Waals surface area contributed by atoms with E-state index in [1.165, 1.54) is 22.2 Å². The molecule has 1 saturated heterocycles. The van der Waals surface area contributed by atoms with Crippen LogP contribution in [0, 0.1) is 0 Å². The first-order valence-corrected chi connectivity index (χ1v) is 9.71. The molecule has 2 aliphatic heterocycles. The van der Waals surface area contributed by atoms with E-state index in [0.717, 1.165) is 5.56 Å². The lowest BCUT2D eigenvalue weighted by Crippen LogP contribution is -2.53. The molecular weight excluding hydrogens is 408 g/mol. The molecule has 0 bridgehead atoms. The molecule has 2 aliphatic rings. The van der Waals surface area contributed by atoms with Crippen molar-refractivity contribution in [3.8, 4) is 0 Å². The predicted octanol–water partition coefficient (Wildman–Crippen LogP) is -1.37. The fourth-order valence-corrected chi connectivity index (χ4v) is 3.66. The summed E-state index contributed by atoms with van der Waals surface area (Å²) in [5, 5.41) is 40.5. The van der Waals surface area contributed by atoms with Crippen LogP contribution in [0.1, 0.15) is 23.7 Å². The number of aliphatic carboxylic acids is 1. The Hall–Kier alpha value is -2.87. The molecular formula is C19H24N6O6. The number of nitrogens with zero attached hydrogens (tertiary/aromatic N) is 4. The molecule has 4 rings (SSSR count). The van der Waals surface area contributed by atoms with Crippen molar-refractivity contribution in [2.45, 2.75) is 43.2 Å². The molecule has 31 heavy (non-hydrogen) atoms. The summed E-state index contributed by atoms with van der Waals surface area (Å²) >= 11 is 0. The lowest BCUT2D eigenvalue weighted by molar-refractivity contribution is -0.140. The van der Waals surface area contributed by atoms with Gasteiger partial charge in [-0.2, -0.15) is 0 Å². The van der Waals surface area contributed by atoms with E-state index in [1.807, 2.05) is 30.3 Å². The molecule has 6 atom stereocenters. The van der Waals surface area contributed by atoms with Gasteiger partial charge in [-0.15, -0.1) is 0 Å². The molecule has 0 aliphatic carbocycles. The van der Waals surface area contributed by atoms with E-state index in [2.05, 4.69) is 15.4 Å². The normalized spacial score (nSPS) is 28.5. The fourth-order valence-electron chi connectivity index (χ4n) is 3.66. The molecule has 0 saturated carbocycles. The molecule has 7 N–H and O–H groups in total. The molecule has 12 nitrogen and oxygen atoms in total. The van der Waals surface area contributed by atoms with Crippen LogP contribution in [0.2, 0.25) is 0 Å². The number of hydrogen-bond donors (Lipinski definition) is 6. The number of nitrogens with one attached hydrogen (secondary N) is 1. The number of hydrazine groups is 1. The number of aliphatic hydroxyl groups excluding tert-OH is 3. The number of aliphatic hydroxyl groups is 3. The molecule has 166 valence electrons. The van der Waals surface area contributed by atoms with E-state index in [0.29, 0.717) is 11.5 Å². The van der Waals surface area contributed by atoms with Crippen LogP contribution in [0.25, 0.3) is 0 Å². The summed E-state index contributed by atoms with van der Waals surface area (Å²) in [7, 11) is 0. The van der Waals surface area contributed by atoms with Crippen molar-refractivity contribution in [2.24, 2.45) is 10.7 Å². The van der Waals surface area contributed by atoms with Crippen molar-refractivity contribution >= 4 is 18.1 Å². The summed E-state index contributed by atoms with van der Waals surface area (Å²) in [6, 6.07) is 8.23. The number of ether oxygens (including phenoxy) is 1. The second kappa shape index (κ2) is 8.70. The number of imidazole rings is 1. The van der Waals surface area contributed by atoms with Crippen LogP contribution in [0.5, 0.6) is 0 Å². The molecule has 12 heteroatoms. The first-order valence-electron chi connectivity index (χ1n) is 9.71. The predicted molar refractivity (Wildman–Crippen MR) is 107 cm³/mol. The van der Waals surface area contributed by atoms with Gasteiger partial charge in [-0.05, 0) is 5.56 Å². The largest absolute Gasteiger partial charge is 0.480 e. The maximum absolute atomic E-state index is 11.8. The zero-order valence-corrected chi connectivity index (χ0v) is 16.4. The minimum atomic E-state index is -1.29. The van der Waals surface area contributed by atoms with Gasteiger partial charge in [-0.3, -0.25) is 14.4 Å². The van der Waals surface area contributed by atoms with Gasteiger partial charge in [-0.1, -0.05) is 30.3 Å². The Labute approximate surface area is 177 Å². The Morgan fingerprint density at radius 2 is 2.00 bits per heavy atom. The lowest BCUT2D eigenvalue weighted by atomic mass is 10.1. The summed E-state index contributed by atoms with van der Waals surface area (Å²) in [4.78, 5) is 20.3. The van der Waals surface area contributed by atoms with Crippen molar-refractivity contribution in [2.75, 3.05) is 6.61 Å². The topological polar surface area (TPSA) is 179 Å². The van der Waals surface area contributed by atoms with Crippen LogP contribution in [0.15, 0.2) is 41.7 Å². The van der Waals surface area contributed by atoms with Crippen LogP contribution < -0.4 is 11.2 Å². The standard InChI is InChI=1S/C19H24N6O6/c20-16-13-17(24(8-21-13)18-15(28)14(27)12(7-26)31-18)22-9-25(16)23-11(19(29)30)6-10-4-2-1-3-5-10/h1-5,8-9,11-12,14-16,18,23,26-28H,6-7,20H2,(H,29,30)/t11-,12+,14?,15?,16?,18+/m0/s1. The molecule has 0 spiro atoms. The van der Waals surface area contributed by atoms with Crippen molar-refractivity contribution in [3.05, 3.63) is 47.9 Å². The van der Waals surface area contributed by atoms with Crippen molar-refractivity contribution in [1.82, 2.24) is 20.0 Å². The molecule has 1 aromatic heterocycles. The maximum Gasteiger partial charge on any atom is 0.322 e. The Morgan fingerprint density at radius 3 is 2.65 bits per heavy atom. The summed E-state index contributed by atoms with van der Waals surface area (Å²) < 4.78 is 6.94. The van der Waals surface area contributed by atoms with E-state index in [-0.39, 0.29) is 6.42 Å². The van der Waals surface area contributed by atoms with Gasteiger partial charge in [0.05, 0.1) is 12.9 Å². The molecule has 2 aromatic rings. The number of nitrogens with two attached hydrogens (primary N) is 1. The maximum atomic E-state index is 11.8. The third-order valence-electron chi connectivity index (χ3n) is 5.36. The summed E-state index contributed by atoms with van der Waals surface area (Å²) in [6.07, 6.45) is -2.41. The Balaban J connectivity index is 1.51. The Kier molecular flexibility index (Phi) is 6.00. The van der Waals surface area contributed by atoms with Crippen LogP contribution in [-0.2, 0) is 16.0 Å². The third-order valence-corrected chi connectivity index (χ3v) is 5.36. The molecule has 0 amide bonds. The van der Waals surface area contributed by atoms with Crippen molar-refractivity contribution in [3.63, 3.8) is 0 Å². The molecule has 3 heterocycles. The summed E-state index contributed by atoms with van der Waals surface area (Å²) in [5.41, 5.74) is 10.3. The average Bonchev–Trinajstić information content (AvgIpc) is 3.31. The van der Waals surface area contributed by atoms with Gasteiger partial charge in [0.1, 0.15) is 42.6 Å². The fraction of sp³-hybridized carbons (Fsp3) is 0.421. The first kappa shape index (κ1) is 21.4. The Bertz CT molecular complexity index is 953. The van der Waals surface area contributed by atoms with E-state index in [1.54, 1.807) is 0 Å². The summed E-state index contributed by atoms with van der Waals surface area (Å²) in [6.45, 7) is -0.454. The average molecular weight is 432 g/mol. The second-order valence-corrected chi connectivity index (χ2v) is 7.40. The highest BCUT2D eigenvalue weighted by molar-refractivity contribution is 5.74. The third kappa shape index (κ3) is 4.04. The highest BCUT2D eigenvalue weighted by Crippen LogP contribution is 2.36. The summed E-state index contributed by atoms with van der Waals surface area (Å²) in [5.74, 6) is -0.748. The number of hydrogen-bond acceptors (Lipinski definition) is 10. The quantitative estimate of drug-likeness (QED) is 0.306. The number of carboxylic acid groups (broad SMARTS) is 1. The number of aliphatic imine (C=N–C) groups is 1. The van der Waals surface area contributed by atoms with E-state index >= 15 is 0 Å². The van der Waals surface area contributed by atoms with E-state index < -0.39 is 49.3 Å². The number of carboxylic acids is 1. The number of benzene rings is 1. The van der Waals surface area contributed by atoms with Gasteiger partial charge in [0.25, 0.3) is 0 Å². The van der Waals surface area contributed by atoms with Gasteiger partial charge >= 0.3 is 5.97 Å². The van der Waals surface area contributed by atoms with E-state index in [9.17, 15) is 25.2 Å². The van der Waals surface area contributed by atoms with Crippen molar-refractivity contribution < 1.29 is 30.0 Å². The van der Waals surface area contributed by atoms with Crippen LogP contribution in [0.3, 0.4) is 0 Å². The molecule has 0 radical (unpaired) electrons. The SMILES string of the molecule is NC1c2ncn([C@@H]3O[C@H](CO)C(O)C3O)c2N=CN1N[C@@H](Cc1ccccc1)C(=O)O. The number of rotatable bonds is 7. The smallest absolute Gasteiger partial charge is 0.322 e. The zero-order chi connectivity index (χ0) is 22.1. The van der Waals surface area contributed by atoms with E-state index in [4.69, 9.17) is 10.5 Å². The van der Waals surface area contributed by atoms with Gasteiger partial charge in [0, 0.05) is 6.42 Å². The molecule has 1 fully saturated rings. The highest BCUT2D eigenvalue weighted by atomic mass is 16.6. The van der Waals surface area contributed by atoms with Crippen LogP contribution in [0.4, 0.5) is 5.82 Å². The monoisotopic (exact) mass is 432 g/mol. The minimum Gasteiger partial charge on any atom is -0.480 e. The van der Waals surface area contributed by atoms with Gasteiger partial charge < -0.3 is 30.9 Å². The second-order valence-electron chi connectivity index (χ2n) is 7.40. The van der Waals surface area contributed by atoms with Gasteiger partial charge in [0.2, 0.25) is 0 Å².